The fourth-order valence-electron chi connectivity index (χ4n) is 1.05. The van der Waals surface area contributed by atoms with Crippen molar-refractivity contribution in [1.82, 2.24) is 0 Å². The van der Waals surface area contributed by atoms with Crippen molar-refractivity contribution in [2.24, 2.45) is 5.10 Å². The van der Waals surface area contributed by atoms with E-state index in [0.717, 1.165) is 6.07 Å². The third kappa shape index (κ3) is 3.23. The number of hydrazone groups is 1. The number of nitrogens with zero attached hydrogens (tertiary/aromatic N) is 3. The topological polar surface area (TPSA) is 111 Å². The van der Waals surface area contributed by atoms with Gasteiger partial charge in [-0.1, -0.05) is 0 Å². The minimum Gasteiger partial charge on any atom is -0.272 e. The number of benzene rings is 1. The molecule has 0 unspecified atom stereocenters. The zero-order valence-corrected chi connectivity index (χ0v) is 9.21. The van der Waals surface area contributed by atoms with Gasteiger partial charge in [-0.25, -0.2) is 0 Å². The molecule has 0 radical (unpaired) electrons. The average molecular weight is 238 g/mol. The number of nitrogens with one attached hydrogen (secondary N) is 1. The first-order valence-corrected chi connectivity index (χ1v) is 4.61. The van der Waals surface area contributed by atoms with Gasteiger partial charge in [0.25, 0.3) is 5.69 Å². The van der Waals surface area contributed by atoms with Gasteiger partial charge in [-0.05, 0) is 19.9 Å². The Hall–Kier alpha value is -2.51. The quantitative estimate of drug-likeness (QED) is 0.491. The Labute approximate surface area is 96.2 Å². The Morgan fingerprint density at radius 2 is 1.88 bits per heavy atom. The van der Waals surface area contributed by atoms with E-state index in [2.05, 4.69) is 10.5 Å². The van der Waals surface area contributed by atoms with Crippen molar-refractivity contribution in [2.75, 3.05) is 5.43 Å². The molecule has 0 aromatic heterocycles. The molecule has 0 atom stereocenters. The van der Waals surface area contributed by atoms with Crippen LogP contribution in [0.2, 0.25) is 0 Å². The van der Waals surface area contributed by atoms with Crippen molar-refractivity contribution in [2.45, 2.75) is 13.8 Å². The largest absolute Gasteiger partial charge is 0.301 e. The first kappa shape index (κ1) is 12.6. The predicted octanol–water partition coefficient (Wildman–Crippen LogP) is 2.31. The van der Waals surface area contributed by atoms with Crippen LogP contribution in [-0.2, 0) is 0 Å². The second-order valence-electron chi connectivity index (χ2n) is 3.39. The van der Waals surface area contributed by atoms with E-state index in [0.29, 0.717) is 5.71 Å². The van der Waals surface area contributed by atoms with Crippen molar-refractivity contribution in [3.8, 4) is 0 Å². The molecule has 1 aromatic carbocycles. The highest BCUT2D eigenvalue weighted by atomic mass is 16.6. The normalized spacial score (nSPS) is 9.53. The van der Waals surface area contributed by atoms with E-state index in [4.69, 9.17) is 0 Å². The summed E-state index contributed by atoms with van der Waals surface area (Å²) < 4.78 is 0. The van der Waals surface area contributed by atoms with E-state index in [1.54, 1.807) is 13.8 Å². The molecule has 0 aliphatic heterocycles. The Bertz CT molecular complexity index is 494. The molecule has 8 heteroatoms. The van der Waals surface area contributed by atoms with Gasteiger partial charge in [0.15, 0.2) is 0 Å². The van der Waals surface area contributed by atoms with Crippen molar-refractivity contribution < 1.29 is 9.85 Å². The molecular weight excluding hydrogens is 228 g/mol. The molecule has 1 N–H and O–H groups in total. The van der Waals surface area contributed by atoms with E-state index < -0.39 is 9.85 Å². The van der Waals surface area contributed by atoms with Gasteiger partial charge >= 0.3 is 5.69 Å². The standard InChI is InChI=1S/C9H10N4O4/c1-6(2)10-11-8-4-3-7(12(14)15)5-9(8)13(16)17/h3-5,11H,1-2H3. The lowest BCUT2D eigenvalue weighted by Crippen LogP contribution is -1.99. The summed E-state index contributed by atoms with van der Waals surface area (Å²) in [5.41, 5.74) is 2.56. The van der Waals surface area contributed by atoms with Gasteiger partial charge in [-0.2, -0.15) is 5.10 Å². The molecule has 0 aliphatic rings. The van der Waals surface area contributed by atoms with Crippen LogP contribution in [0, 0.1) is 20.2 Å². The van der Waals surface area contributed by atoms with Crippen molar-refractivity contribution >= 4 is 22.8 Å². The molecule has 8 nitrogen and oxygen atoms in total. The van der Waals surface area contributed by atoms with Gasteiger partial charge in [0.05, 0.1) is 15.9 Å². The number of hydrogen-bond donors (Lipinski definition) is 1. The third-order valence-corrected chi connectivity index (χ3v) is 1.79. The van der Waals surface area contributed by atoms with Crippen molar-refractivity contribution in [3.05, 3.63) is 38.4 Å². The summed E-state index contributed by atoms with van der Waals surface area (Å²) in [6.45, 7) is 3.43. The maximum atomic E-state index is 10.7. The summed E-state index contributed by atoms with van der Waals surface area (Å²) in [5.74, 6) is 0. The lowest BCUT2D eigenvalue weighted by atomic mass is 10.2. The summed E-state index contributed by atoms with van der Waals surface area (Å²) in [6.07, 6.45) is 0. The van der Waals surface area contributed by atoms with Crippen LogP contribution >= 0.6 is 0 Å². The van der Waals surface area contributed by atoms with E-state index in [1.807, 2.05) is 0 Å². The number of nitro groups is 2. The van der Waals surface area contributed by atoms with Crippen LogP contribution in [0.4, 0.5) is 17.1 Å². The van der Waals surface area contributed by atoms with Gasteiger partial charge in [-0.3, -0.25) is 25.7 Å². The maximum absolute atomic E-state index is 10.7. The van der Waals surface area contributed by atoms with Crippen molar-refractivity contribution in [1.29, 1.82) is 0 Å². The van der Waals surface area contributed by atoms with E-state index in [1.165, 1.54) is 12.1 Å². The lowest BCUT2D eigenvalue weighted by molar-refractivity contribution is -0.393. The fourth-order valence-corrected chi connectivity index (χ4v) is 1.05. The maximum Gasteiger partial charge on any atom is 0.301 e. The zero-order valence-electron chi connectivity index (χ0n) is 9.21. The lowest BCUT2D eigenvalue weighted by Gasteiger charge is -2.02. The van der Waals surface area contributed by atoms with E-state index in [9.17, 15) is 20.2 Å². The highest BCUT2D eigenvalue weighted by molar-refractivity contribution is 5.80. The van der Waals surface area contributed by atoms with Crippen LogP contribution in [0.25, 0.3) is 0 Å². The SMILES string of the molecule is CC(C)=NNc1ccc([N+](=O)[O-])cc1[N+](=O)[O-]. The van der Waals surface area contributed by atoms with Crippen LogP contribution < -0.4 is 5.43 Å². The molecule has 0 saturated heterocycles. The number of anilines is 1. The zero-order chi connectivity index (χ0) is 13.0. The summed E-state index contributed by atoms with van der Waals surface area (Å²) in [4.78, 5) is 19.8. The fraction of sp³-hybridized carbons (Fsp3) is 0.222. The molecular formula is C9H10N4O4. The molecule has 0 bridgehead atoms. The first-order chi connectivity index (χ1) is 7.91. The van der Waals surface area contributed by atoms with Crippen LogP contribution in [0.5, 0.6) is 0 Å². The van der Waals surface area contributed by atoms with Crippen LogP contribution in [0.1, 0.15) is 13.8 Å². The second kappa shape index (κ2) is 5.01. The van der Waals surface area contributed by atoms with E-state index >= 15 is 0 Å². The van der Waals surface area contributed by atoms with E-state index in [-0.39, 0.29) is 17.1 Å². The summed E-state index contributed by atoms with van der Waals surface area (Å²) in [6, 6.07) is 3.32. The Morgan fingerprint density at radius 3 is 2.35 bits per heavy atom. The molecule has 0 spiro atoms. The molecule has 0 amide bonds. The summed E-state index contributed by atoms with van der Waals surface area (Å²) in [7, 11) is 0. The molecule has 0 saturated carbocycles. The van der Waals surface area contributed by atoms with Gasteiger partial charge in [0.1, 0.15) is 5.69 Å². The third-order valence-electron chi connectivity index (χ3n) is 1.79. The molecule has 90 valence electrons. The smallest absolute Gasteiger partial charge is 0.272 e. The van der Waals surface area contributed by atoms with Crippen LogP contribution in [0.3, 0.4) is 0 Å². The van der Waals surface area contributed by atoms with Crippen LogP contribution in [0.15, 0.2) is 23.3 Å². The predicted molar refractivity (Wildman–Crippen MR) is 62.2 cm³/mol. The number of non-ortho nitro benzene ring substituents is 1. The molecule has 17 heavy (non-hydrogen) atoms. The number of hydrogen-bond acceptors (Lipinski definition) is 6. The molecule has 0 fully saturated rings. The van der Waals surface area contributed by atoms with Gasteiger partial charge in [0.2, 0.25) is 0 Å². The highest BCUT2D eigenvalue weighted by Gasteiger charge is 2.18. The molecule has 0 aliphatic carbocycles. The Morgan fingerprint density at radius 1 is 1.24 bits per heavy atom. The van der Waals surface area contributed by atoms with Crippen molar-refractivity contribution in [3.63, 3.8) is 0 Å². The summed E-state index contributed by atoms with van der Waals surface area (Å²) >= 11 is 0. The first-order valence-electron chi connectivity index (χ1n) is 4.61. The summed E-state index contributed by atoms with van der Waals surface area (Å²) in [5, 5.41) is 25.0. The molecule has 0 heterocycles. The monoisotopic (exact) mass is 238 g/mol. The molecule has 1 rings (SSSR count). The second-order valence-corrected chi connectivity index (χ2v) is 3.39. The minimum absolute atomic E-state index is 0.113. The Kier molecular flexibility index (Phi) is 3.70. The van der Waals surface area contributed by atoms with Gasteiger partial charge in [-0.15, -0.1) is 0 Å². The Balaban J connectivity index is 3.18. The minimum atomic E-state index is -0.699. The van der Waals surface area contributed by atoms with Crippen LogP contribution in [-0.4, -0.2) is 15.6 Å². The van der Waals surface area contributed by atoms with Gasteiger partial charge in [0, 0.05) is 11.8 Å². The highest BCUT2D eigenvalue weighted by Crippen LogP contribution is 2.28. The number of nitro benzene ring substituents is 2. The molecule has 1 aromatic rings. The van der Waals surface area contributed by atoms with Gasteiger partial charge < -0.3 is 0 Å². The average Bonchev–Trinajstić information content (AvgIpc) is 2.25. The number of rotatable bonds is 4.